The standard InChI is InChI=1S/C12H19N3O2/c13-11-2-3-12(16)15(10-11)6-5-14-4-1-8-17-9-7-14/h2-3,10H,1,4-9,13H2. The van der Waals surface area contributed by atoms with Gasteiger partial charge in [0.15, 0.2) is 0 Å². The number of nitrogen functional groups attached to an aromatic ring is 1. The van der Waals surface area contributed by atoms with Crippen molar-refractivity contribution in [2.75, 3.05) is 38.6 Å². The molecule has 1 fully saturated rings. The van der Waals surface area contributed by atoms with Crippen LogP contribution in [0.15, 0.2) is 23.1 Å². The van der Waals surface area contributed by atoms with Gasteiger partial charge < -0.3 is 15.0 Å². The Morgan fingerprint density at radius 2 is 2.12 bits per heavy atom. The van der Waals surface area contributed by atoms with Crippen molar-refractivity contribution < 1.29 is 4.74 Å². The first kappa shape index (κ1) is 12.1. The highest BCUT2D eigenvalue weighted by Gasteiger charge is 2.08. The van der Waals surface area contributed by atoms with E-state index < -0.39 is 0 Å². The highest BCUT2D eigenvalue weighted by Crippen LogP contribution is 2.00. The molecule has 0 aromatic carbocycles. The van der Waals surface area contributed by atoms with Gasteiger partial charge in [-0.1, -0.05) is 0 Å². The monoisotopic (exact) mass is 237 g/mol. The minimum atomic E-state index is 0.00488. The van der Waals surface area contributed by atoms with Crippen LogP contribution in [0, 0.1) is 0 Å². The molecule has 2 rings (SSSR count). The fourth-order valence-electron chi connectivity index (χ4n) is 2.00. The lowest BCUT2D eigenvalue weighted by Crippen LogP contribution is -2.32. The molecule has 5 heteroatoms. The average molecular weight is 237 g/mol. The number of anilines is 1. The summed E-state index contributed by atoms with van der Waals surface area (Å²) >= 11 is 0. The summed E-state index contributed by atoms with van der Waals surface area (Å²) in [7, 11) is 0. The zero-order chi connectivity index (χ0) is 12.1. The van der Waals surface area contributed by atoms with Crippen LogP contribution in [0.4, 0.5) is 5.69 Å². The van der Waals surface area contributed by atoms with Gasteiger partial charge in [-0.2, -0.15) is 0 Å². The highest BCUT2D eigenvalue weighted by molar-refractivity contribution is 5.33. The summed E-state index contributed by atoms with van der Waals surface area (Å²) in [4.78, 5) is 13.9. The van der Waals surface area contributed by atoms with Crippen LogP contribution >= 0.6 is 0 Å². The fourth-order valence-corrected chi connectivity index (χ4v) is 2.00. The van der Waals surface area contributed by atoms with Gasteiger partial charge in [-0.05, 0) is 12.5 Å². The van der Waals surface area contributed by atoms with Crippen molar-refractivity contribution in [3.63, 3.8) is 0 Å². The van der Waals surface area contributed by atoms with Gasteiger partial charge in [0.05, 0.1) is 6.61 Å². The van der Waals surface area contributed by atoms with Crippen LogP contribution in [-0.2, 0) is 11.3 Å². The van der Waals surface area contributed by atoms with Crippen LogP contribution in [0.3, 0.4) is 0 Å². The van der Waals surface area contributed by atoms with E-state index in [4.69, 9.17) is 10.5 Å². The molecule has 1 aromatic heterocycles. The first-order valence-corrected chi connectivity index (χ1v) is 6.02. The summed E-state index contributed by atoms with van der Waals surface area (Å²) in [5.41, 5.74) is 6.30. The highest BCUT2D eigenvalue weighted by atomic mass is 16.5. The Balaban J connectivity index is 1.92. The van der Waals surface area contributed by atoms with Crippen LogP contribution in [0.5, 0.6) is 0 Å². The lowest BCUT2D eigenvalue weighted by molar-refractivity contribution is 0.140. The fraction of sp³-hybridized carbons (Fsp3) is 0.583. The third-order valence-corrected chi connectivity index (χ3v) is 2.98. The van der Waals surface area contributed by atoms with Crippen molar-refractivity contribution in [3.05, 3.63) is 28.7 Å². The summed E-state index contributed by atoms with van der Waals surface area (Å²) in [6.07, 6.45) is 2.77. The first-order valence-electron chi connectivity index (χ1n) is 6.02. The van der Waals surface area contributed by atoms with E-state index >= 15 is 0 Å². The molecule has 0 amide bonds. The Morgan fingerprint density at radius 1 is 1.24 bits per heavy atom. The van der Waals surface area contributed by atoms with Gasteiger partial charge in [-0.25, -0.2) is 0 Å². The van der Waals surface area contributed by atoms with Crippen molar-refractivity contribution in [2.24, 2.45) is 0 Å². The Hall–Kier alpha value is -1.33. The van der Waals surface area contributed by atoms with Crippen LogP contribution in [0.1, 0.15) is 6.42 Å². The number of nitrogens with zero attached hydrogens (tertiary/aromatic N) is 2. The Bertz CT molecular complexity index is 408. The molecule has 0 aliphatic carbocycles. The van der Waals surface area contributed by atoms with Gasteiger partial charge in [-0.15, -0.1) is 0 Å². The largest absolute Gasteiger partial charge is 0.398 e. The number of rotatable bonds is 3. The number of hydrogen-bond acceptors (Lipinski definition) is 4. The lowest BCUT2D eigenvalue weighted by Gasteiger charge is -2.19. The lowest BCUT2D eigenvalue weighted by atomic mass is 10.3. The maximum atomic E-state index is 11.6. The van der Waals surface area contributed by atoms with Gasteiger partial charge in [0, 0.05) is 50.7 Å². The van der Waals surface area contributed by atoms with Crippen LogP contribution < -0.4 is 11.3 Å². The van der Waals surface area contributed by atoms with Crippen molar-refractivity contribution in [1.29, 1.82) is 0 Å². The summed E-state index contributed by atoms with van der Waals surface area (Å²) in [6, 6.07) is 3.15. The van der Waals surface area contributed by atoms with E-state index in [1.807, 2.05) is 0 Å². The molecule has 1 aromatic rings. The number of ether oxygens (including phenoxy) is 1. The van der Waals surface area contributed by atoms with Gasteiger partial charge in [0.2, 0.25) is 0 Å². The summed E-state index contributed by atoms with van der Waals surface area (Å²) < 4.78 is 7.06. The van der Waals surface area contributed by atoms with E-state index in [0.717, 1.165) is 39.3 Å². The summed E-state index contributed by atoms with van der Waals surface area (Å²) in [5.74, 6) is 0. The van der Waals surface area contributed by atoms with E-state index in [9.17, 15) is 4.79 Å². The molecule has 1 aliphatic heterocycles. The molecule has 1 aliphatic rings. The van der Waals surface area contributed by atoms with Crippen molar-refractivity contribution in [2.45, 2.75) is 13.0 Å². The Morgan fingerprint density at radius 3 is 3.00 bits per heavy atom. The molecule has 0 unspecified atom stereocenters. The molecule has 0 spiro atoms. The van der Waals surface area contributed by atoms with Crippen LogP contribution in [0.2, 0.25) is 0 Å². The second-order valence-electron chi connectivity index (χ2n) is 4.30. The van der Waals surface area contributed by atoms with E-state index in [1.165, 1.54) is 6.07 Å². The second kappa shape index (κ2) is 5.84. The minimum absolute atomic E-state index is 0.00488. The predicted molar refractivity (Wildman–Crippen MR) is 67.0 cm³/mol. The number of hydrogen-bond donors (Lipinski definition) is 1. The van der Waals surface area contributed by atoms with Crippen molar-refractivity contribution >= 4 is 5.69 Å². The second-order valence-corrected chi connectivity index (χ2v) is 4.30. The van der Waals surface area contributed by atoms with Gasteiger partial charge in [0.1, 0.15) is 0 Å². The van der Waals surface area contributed by atoms with Crippen molar-refractivity contribution in [3.8, 4) is 0 Å². The zero-order valence-electron chi connectivity index (χ0n) is 9.97. The molecule has 2 N–H and O–H groups in total. The third kappa shape index (κ3) is 3.57. The minimum Gasteiger partial charge on any atom is -0.398 e. The summed E-state index contributed by atoms with van der Waals surface area (Å²) in [5, 5.41) is 0. The number of nitrogens with two attached hydrogens (primary N) is 1. The quantitative estimate of drug-likeness (QED) is 0.813. The maximum absolute atomic E-state index is 11.6. The predicted octanol–water partition coefficient (Wildman–Crippen LogP) is 0.153. The first-order chi connectivity index (χ1) is 8.25. The van der Waals surface area contributed by atoms with E-state index in [2.05, 4.69) is 4.90 Å². The third-order valence-electron chi connectivity index (χ3n) is 2.98. The topological polar surface area (TPSA) is 60.5 Å². The number of pyridine rings is 1. The molecule has 1 saturated heterocycles. The molecule has 5 nitrogen and oxygen atoms in total. The van der Waals surface area contributed by atoms with Gasteiger partial charge >= 0.3 is 0 Å². The normalized spacial score (nSPS) is 17.9. The average Bonchev–Trinajstić information content (AvgIpc) is 2.59. The van der Waals surface area contributed by atoms with Gasteiger partial charge in [-0.3, -0.25) is 9.69 Å². The smallest absolute Gasteiger partial charge is 0.250 e. The number of aromatic nitrogens is 1. The Kier molecular flexibility index (Phi) is 4.17. The molecule has 17 heavy (non-hydrogen) atoms. The van der Waals surface area contributed by atoms with Gasteiger partial charge in [0.25, 0.3) is 5.56 Å². The van der Waals surface area contributed by atoms with E-state index in [1.54, 1.807) is 16.8 Å². The van der Waals surface area contributed by atoms with E-state index in [-0.39, 0.29) is 5.56 Å². The molecular formula is C12H19N3O2. The molecule has 0 saturated carbocycles. The SMILES string of the molecule is Nc1ccc(=O)n(CCN2CCCOCC2)c1. The molecular weight excluding hydrogens is 218 g/mol. The molecule has 0 atom stereocenters. The molecule has 2 heterocycles. The van der Waals surface area contributed by atoms with Crippen molar-refractivity contribution in [1.82, 2.24) is 9.47 Å². The van der Waals surface area contributed by atoms with E-state index in [0.29, 0.717) is 12.2 Å². The zero-order valence-corrected chi connectivity index (χ0v) is 9.97. The molecule has 0 radical (unpaired) electrons. The maximum Gasteiger partial charge on any atom is 0.250 e. The molecule has 94 valence electrons. The molecule has 0 bridgehead atoms. The van der Waals surface area contributed by atoms with Crippen LogP contribution in [0.25, 0.3) is 0 Å². The summed E-state index contributed by atoms with van der Waals surface area (Å²) in [6.45, 7) is 5.16. The Labute approximate surface area is 101 Å². The van der Waals surface area contributed by atoms with Crippen LogP contribution in [-0.4, -0.2) is 42.3 Å².